The fourth-order valence-electron chi connectivity index (χ4n) is 1.83. The van der Waals surface area contributed by atoms with Gasteiger partial charge >= 0.3 is 5.97 Å². The van der Waals surface area contributed by atoms with E-state index in [0.29, 0.717) is 0 Å². The average Bonchev–Trinajstić information content (AvgIpc) is 2.41. The quantitative estimate of drug-likeness (QED) is 0.569. The smallest absolute Gasteiger partial charge is 0.303 e. The van der Waals surface area contributed by atoms with E-state index in [0.717, 1.165) is 12.1 Å². The van der Waals surface area contributed by atoms with Crippen LogP contribution in [0.3, 0.4) is 0 Å². The molecule has 0 radical (unpaired) electrons. The van der Waals surface area contributed by atoms with Crippen LogP contribution in [-0.2, 0) is 4.79 Å². The van der Waals surface area contributed by atoms with E-state index in [1.807, 2.05) is 0 Å². The first kappa shape index (κ1) is 16.5. The van der Waals surface area contributed by atoms with E-state index in [1.165, 1.54) is 6.07 Å². The maximum absolute atomic E-state index is 13.1. The van der Waals surface area contributed by atoms with Gasteiger partial charge < -0.3 is 20.6 Å². The Labute approximate surface area is 114 Å². The molecule has 0 aromatic heterocycles. The molecule has 0 fully saturated rings. The minimum Gasteiger partial charge on any atom is -0.481 e. The van der Waals surface area contributed by atoms with E-state index in [-0.39, 0.29) is 31.6 Å². The number of nitrogens with one attached hydrogen (secondary N) is 1. The van der Waals surface area contributed by atoms with E-state index in [1.54, 1.807) is 0 Å². The summed E-state index contributed by atoms with van der Waals surface area (Å²) in [6.45, 7) is -0.0287. The van der Waals surface area contributed by atoms with Crippen LogP contribution < -0.4 is 5.32 Å². The molecule has 0 aliphatic rings. The number of hydrogen-bond donors (Lipinski definition) is 4. The maximum Gasteiger partial charge on any atom is 0.303 e. The van der Waals surface area contributed by atoms with Gasteiger partial charge in [-0.15, -0.1) is 0 Å². The van der Waals surface area contributed by atoms with Gasteiger partial charge in [0.2, 0.25) is 0 Å². The standard InChI is InChI=1S/C13H17F2NO4/c14-9-2-1-8(7-10(9)15)13(20)11(16-5-6-17)3-4-12(18)19/h1-2,7,11,13,16-17,20H,3-6H2,(H,18,19). The Kier molecular flexibility index (Phi) is 6.50. The molecule has 0 aliphatic carbocycles. The third-order valence-corrected chi connectivity index (χ3v) is 2.85. The van der Waals surface area contributed by atoms with Gasteiger partial charge in [-0.25, -0.2) is 8.78 Å². The van der Waals surface area contributed by atoms with Gasteiger partial charge in [-0.2, -0.15) is 0 Å². The molecule has 1 aromatic rings. The lowest BCUT2D eigenvalue weighted by Gasteiger charge is -2.24. The van der Waals surface area contributed by atoms with Crippen molar-refractivity contribution >= 4 is 5.97 Å². The Morgan fingerprint density at radius 2 is 2.00 bits per heavy atom. The van der Waals surface area contributed by atoms with E-state index in [4.69, 9.17) is 10.2 Å². The molecule has 0 bridgehead atoms. The lowest BCUT2D eigenvalue weighted by Crippen LogP contribution is -2.37. The summed E-state index contributed by atoms with van der Waals surface area (Å²) in [6, 6.07) is 2.32. The second-order valence-electron chi connectivity index (χ2n) is 4.34. The third kappa shape index (κ3) is 4.84. The molecule has 7 heteroatoms. The van der Waals surface area contributed by atoms with Crippen molar-refractivity contribution in [1.29, 1.82) is 0 Å². The zero-order chi connectivity index (χ0) is 15.1. The largest absolute Gasteiger partial charge is 0.481 e. The Morgan fingerprint density at radius 3 is 2.55 bits per heavy atom. The van der Waals surface area contributed by atoms with Crippen LogP contribution in [0.1, 0.15) is 24.5 Å². The van der Waals surface area contributed by atoms with E-state index in [9.17, 15) is 18.7 Å². The highest BCUT2D eigenvalue weighted by Crippen LogP contribution is 2.22. The van der Waals surface area contributed by atoms with E-state index >= 15 is 0 Å². The number of carbonyl (C=O) groups is 1. The number of aliphatic carboxylic acids is 1. The first-order chi connectivity index (χ1) is 9.45. The number of carboxylic acid groups (broad SMARTS) is 1. The Morgan fingerprint density at radius 1 is 1.30 bits per heavy atom. The summed E-state index contributed by atoms with van der Waals surface area (Å²) in [5.74, 6) is -3.13. The van der Waals surface area contributed by atoms with E-state index < -0.39 is 29.7 Å². The molecule has 20 heavy (non-hydrogen) atoms. The van der Waals surface area contributed by atoms with Crippen LogP contribution in [0.5, 0.6) is 0 Å². The number of rotatable bonds is 8. The fourth-order valence-corrected chi connectivity index (χ4v) is 1.83. The fraction of sp³-hybridized carbons (Fsp3) is 0.462. The van der Waals surface area contributed by atoms with Crippen LogP contribution in [0.2, 0.25) is 0 Å². The van der Waals surface area contributed by atoms with Crippen molar-refractivity contribution in [2.45, 2.75) is 25.0 Å². The molecule has 2 atom stereocenters. The number of halogens is 2. The lowest BCUT2D eigenvalue weighted by molar-refractivity contribution is -0.137. The van der Waals surface area contributed by atoms with Gasteiger partial charge in [0.25, 0.3) is 0 Å². The second-order valence-corrected chi connectivity index (χ2v) is 4.34. The number of benzene rings is 1. The SMILES string of the molecule is O=C(O)CCC(NCCO)C(O)c1ccc(F)c(F)c1. The molecule has 0 amide bonds. The molecule has 112 valence electrons. The summed E-state index contributed by atoms with van der Waals surface area (Å²) >= 11 is 0. The summed E-state index contributed by atoms with van der Waals surface area (Å²) < 4.78 is 26.0. The molecule has 0 heterocycles. The van der Waals surface area contributed by atoms with Gasteiger partial charge in [0.1, 0.15) is 0 Å². The Bertz CT molecular complexity index is 456. The lowest BCUT2D eigenvalue weighted by atomic mass is 9.98. The molecule has 0 spiro atoms. The van der Waals surface area contributed by atoms with Crippen LogP contribution in [0, 0.1) is 11.6 Å². The topological polar surface area (TPSA) is 89.8 Å². The summed E-state index contributed by atoms with van der Waals surface area (Å²) in [4.78, 5) is 10.6. The predicted molar refractivity (Wildman–Crippen MR) is 67.1 cm³/mol. The number of hydrogen-bond acceptors (Lipinski definition) is 4. The maximum atomic E-state index is 13.1. The molecular formula is C13H17F2NO4. The zero-order valence-electron chi connectivity index (χ0n) is 10.7. The van der Waals surface area contributed by atoms with Gasteiger partial charge in [-0.05, 0) is 24.1 Å². The molecule has 5 nitrogen and oxygen atoms in total. The van der Waals surface area contributed by atoms with E-state index in [2.05, 4.69) is 5.32 Å². The van der Waals surface area contributed by atoms with Gasteiger partial charge in [-0.3, -0.25) is 4.79 Å². The Hall–Kier alpha value is -1.57. The molecule has 0 aliphatic heterocycles. The normalized spacial score (nSPS) is 14.0. The number of carboxylic acids is 1. The van der Waals surface area contributed by atoms with Crippen molar-refractivity contribution in [3.05, 3.63) is 35.4 Å². The van der Waals surface area contributed by atoms with Gasteiger partial charge in [0.05, 0.1) is 12.7 Å². The molecular weight excluding hydrogens is 272 g/mol. The highest BCUT2D eigenvalue weighted by atomic mass is 19.2. The molecule has 2 unspecified atom stereocenters. The van der Waals surface area contributed by atoms with Gasteiger partial charge in [0.15, 0.2) is 11.6 Å². The third-order valence-electron chi connectivity index (χ3n) is 2.85. The summed E-state index contributed by atoms with van der Waals surface area (Å²) in [7, 11) is 0. The second kappa shape index (κ2) is 7.88. The van der Waals surface area contributed by atoms with Crippen molar-refractivity contribution in [3.63, 3.8) is 0 Å². The highest BCUT2D eigenvalue weighted by molar-refractivity contribution is 5.66. The highest BCUT2D eigenvalue weighted by Gasteiger charge is 2.22. The molecule has 0 saturated carbocycles. The number of aliphatic hydroxyl groups is 2. The summed E-state index contributed by atoms with van der Waals surface area (Å²) in [5, 5.41) is 30.3. The predicted octanol–water partition coefficient (Wildman–Crippen LogP) is 0.813. The van der Waals surface area contributed by atoms with Crippen molar-refractivity contribution in [3.8, 4) is 0 Å². The average molecular weight is 289 g/mol. The van der Waals surface area contributed by atoms with Crippen LogP contribution in [0.25, 0.3) is 0 Å². The first-order valence-corrected chi connectivity index (χ1v) is 6.14. The molecule has 1 rings (SSSR count). The summed E-state index contributed by atoms with van der Waals surface area (Å²) in [5.41, 5.74) is 0.143. The zero-order valence-corrected chi connectivity index (χ0v) is 10.7. The van der Waals surface area contributed by atoms with Gasteiger partial charge in [0, 0.05) is 19.0 Å². The van der Waals surface area contributed by atoms with Crippen molar-refractivity contribution in [2.24, 2.45) is 0 Å². The van der Waals surface area contributed by atoms with Crippen LogP contribution in [-0.4, -0.2) is 40.5 Å². The monoisotopic (exact) mass is 289 g/mol. The van der Waals surface area contributed by atoms with Crippen molar-refractivity contribution in [2.75, 3.05) is 13.2 Å². The first-order valence-electron chi connectivity index (χ1n) is 6.14. The van der Waals surface area contributed by atoms with Crippen molar-refractivity contribution < 1.29 is 28.9 Å². The summed E-state index contributed by atoms with van der Waals surface area (Å²) in [6.07, 6.45) is -1.30. The van der Waals surface area contributed by atoms with Gasteiger partial charge in [-0.1, -0.05) is 6.07 Å². The number of aliphatic hydroxyl groups excluding tert-OH is 2. The molecule has 1 aromatic carbocycles. The van der Waals surface area contributed by atoms with Crippen molar-refractivity contribution in [1.82, 2.24) is 5.32 Å². The van der Waals surface area contributed by atoms with Crippen LogP contribution >= 0.6 is 0 Å². The Balaban J connectivity index is 2.81. The molecule has 0 saturated heterocycles. The van der Waals surface area contributed by atoms with Crippen LogP contribution in [0.4, 0.5) is 8.78 Å². The minimum absolute atomic E-state index is 0.0928. The minimum atomic E-state index is -1.20. The molecule has 4 N–H and O–H groups in total. The van der Waals surface area contributed by atoms with Crippen LogP contribution in [0.15, 0.2) is 18.2 Å².